The van der Waals surface area contributed by atoms with Crippen LogP contribution in [0, 0.1) is 0 Å². The summed E-state index contributed by atoms with van der Waals surface area (Å²) in [7, 11) is 0. The molecule has 1 heterocycles. The van der Waals surface area contributed by atoms with Gasteiger partial charge < -0.3 is 9.88 Å². The number of rotatable bonds is 6. The number of alkyl halides is 3. The Morgan fingerprint density at radius 3 is 2.63 bits per heavy atom. The molecule has 1 atom stereocenters. The Kier molecular flexibility index (Phi) is 5.60. The molecule has 0 fully saturated rings. The molecule has 0 aromatic carbocycles. The summed E-state index contributed by atoms with van der Waals surface area (Å²) in [4.78, 5) is 11.5. The second-order valence-electron chi connectivity index (χ2n) is 4.59. The van der Waals surface area contributed by atoms with Gasteiger partial charge in [-0.15, -0.1) is 0 Å². The zero-order valence-electron chi connectivity index (χ0n) is 11.1. The number of halogens is 3. The van der Waals surface area contributed by atoms with Gasteiger partial charge in [0.15, 0.2) is 0 Å². The van der Waals surface area contributed by atoms with Crippen LogP contribution >= 0.6 is 0 Å². The Morgan fingerprint density at radius 2 is 2.05 bits per heavy atom. The van der Waals surface area contributed by atoms with Crippen molar-refractivity contribution in [2.75, 3.05) is 6.54 Å². The fraction of sp³-hybridized carbons (Fsp3) is 0.615. The second-order valence-corrected chi connectivity index (χ2v) is 4.59. The smallest absolute Gasteiger partial charge is 0.314 e. The summed E-state index contributed by atoms with van der Waals surface area (Å²) in [5.41, 5.74) is -1.22. The monoisotopic (exact) mass is 276 g/mol. The van der Waals surface area contributed by atoms with Crippen LogP contribution in [0.1, 0.15) is 32.3 Å². The molecule has 0 saturated carbocycles. The summed E-state index contributed by atoms with van der Waals surface area (Å²) in [6, 6.07) is 2.07. The molecular formula is C13H19F3N2O. The lowest BCUT2D eigenvalue weighted by molar-refractivity contribution is -0.138. The first-order valence-corrected chi connectivity index (χ1v) is 6.35. The average molecular weight is 276 g/mol. The van der Waals surface area contributed by atoms with E-state index >= 15 is 0 Å². The van der Waals surface area contributed by atoms with E-state index in [2.05, 4.69) is 12.2 Å². The van der Waals surface area contributed by atoms with E-state index in [9.17, 15) is 18.0 Å². The Labute approximate surface area is 110 Å². The molecule has 0 spiro atoms. The van der Waals surface area contributed by atoms with Gasteiger partial charge in [0.2, 0.25) is 0 Å². The van der Waals surface area contributed by atoms with Crippen molar-refractivity contribution in [1.29, 1.82) is 0 Å². The number of hydrogen-bond acceptors (Lipinski definition) is 2. The minimum Gasteiger partial charge on any atom is -0.314 e. The maximum atomic E-state index is 12.5. The summed E-state index contributed by atoms with van der Waals surface area (Å²) in [5.74, 6) is 0. The SMILES string of the molecule is CCCC(C)NCCn1cc(C(F)(F)F)ccc1=O. The standard InChI is InChI=1S/C13H19F3N2O/c1-3-4-10(2)17-7-8-18-9-11(13(14,15)16)5-6-12(18)19/h5-6,9-10,17H,3-4,7-8H2,1-2H3. The molecule has 0 bridgehead atoms. The van der Waals surface area contributed by atoms with Crippen molar-refractivity contribution in [3.63, 3.8) is 0 Å². The van der Waals surface area contributed by atoms with Crippen molar-refractivity contribution in [3.8, 4) is 0 Å². The molecule has 1 unspecified atom stereocenters. The lowest BCUT2D eigenvalue weighted by Crippen LogP contribution is -2.32. The summed E-state index contributed by atoms with van der Waals surface area (Å²) in [6.07, 6.45) is -1.51. The Bertz CT molecular complexity index is 454. The molecule has 1 N–H and O–H groups in total. The van der Waals surface area contributed by atoms with E-state index in [-0.39, 0.29) is 6.54 Å². The fourth-order valence-electron chi connectivity index (χ4n) is 1.84. The van der Waals surface area contributed by atoms with Gasteiger partial charge in [-0.05, 0) is 19.4 Å². The fourth-order valence-corrected chi connectivity index (χ4v) is 1.84. The van der Waals surface area contributed by atoms with Gasteiger partial charge in [0.1, 0.15) is 0 Å². The maximum Gasteiger partial charge on any atom is 0.417 e. The van der Waals surface area contributed by atoms with Gasteiger partial charge >= 0.3 is 6.18 Å². The summed E-state index contributed by atoms with van der Waals surface area (Å²) >= 11 is 0. The largest absolute Gasteiger partial charge is 0.417 e. The second kappa shape index (κ2) is 6.75. The van der Waals surface area contributed by atoms with Crippen LogP contribution in [0.5, 0.6) is 0 Å². The van der Waals surface area contributed by atoms with Crippen LogP contribution in [0.3, 0.4) is 0 Å². The third-order valence-corrected chi connectivity index (χ3v) is 2.88. The van der Waals surface area contributed by atoms with Crippen LogP contribution in [0.4, 0.5) is 13.2 Å². The average Bonchev–Trinajstić information content (AvgIpc) is 2.30. The van der Waals surface area contributed by atoms with Gasteiger partial charge in [0.05, 0.1) is 5.56 Å². The van der Waals surface area contributed by atoms with E-state index in [1.54, 1.807) is 0 Å². The lowest BCUT2D eigenvalue weighted by atomic mass is 10.2. The molecule has 3 nitrogen and oxygen atoms in total. The molecule has 108 valence electrons. The Hall–Kier alpha value is -1.30. The molecule has 6 heteroatoms. The first-order valence-electron chi connectivity index (χ1n) is 6.35. The quantitative estimate of drug-likeness (QED) is 0.866. The molecule has 1 rings (SSSR count). The Morgan fingerprint density at radius 1 is 1.37 bits per heavy atom. The minimum atomic E-state index is -4.42. The van der Waals surface area contributed by atoms with Crippen molar-refractivity contribution in [3.05, 3.63) is 34.2 Å². The first kappa shape index (κ1) is 15.8. The molecule has 19 heavy (non-hydrogen) atoms. The number of pyridine rings is 1. The van der Waals surface area contributed by atoms with E-state index in [0.717, 1.165) is 35.7 Å². The van der Waals surface area contributed by atoms with Crippen molar-refractivity contribution < 1.29 is 13.2 Å². The van der Waals surface area contributed by atoms with E-state index in [1.165, 1.54) is 0 Å². The highest BCUT2D eigenvalue weighted by Gasteiger charge is 2.30. The third kappa shape index (κ3) is 5.06. The molecule has 1 aromatic heterocycles. The third-order valence-electron chi connectivity index (χ3n) is 2.88. The van der Waals surface area contributed by atoms with Gasteiger partial charge in [0, 0.05) is 31.4 Å². The van der Waals surface area contributed by atoms with Gasteiger partial charge in [-0.3, -0.25) is 4.79 Å². The first-order chi connectivity index (χ1) is 8.84. The van der Waals surface area contributed by atoms with Crippen LogP contribution in [0.25, 0.3) is 0 Å². The van der Waals surface area contributed by atoms with Gasteiger partial charge in [-0.25, -0.2) is 0 Å². The van der Waals surface area contributed by atoms with Crippen LogP contribution in [0.15, 0.2) is 23.1 Å². The topological polar surface area (TPSA) is 34.0 Å². The van der Waals surface area contributed by atoms with E-state index in [4.69, 9.17) is 0 Å². The molecule has 0 saturated heterocycles. The van der Waals surface area contributed by atoms with Crippen molar-refractivity contribution in [2.45, 2.75) is 45.5 Å². The molecule has 0 radical (unpaired) electrons. The van der Waals surface area contributed by atoms with Crippen molar-refractivity contribution in [2.24, 2.45) is 0 Å². The predicted molar refractivity (Wildman–Crippen MR) is 68.1 cm³/mol. The van der Waals surface area contributed by atoms with E-state index in [0.29, 0.717) is 12.6 Å². The van der Waals surface area contributed by atoms with E-state index in [1.807, 2.05) is 6.92 Å². The predicted octanol–water partition coefficient (Wildman–Crippen LogP) is 2.65. The number of nitrogens with one attached hydrogen (secondary N) is 1. The highest BCUT2D eigenvalue weighted by Crippen LogP contribution is 2.27. The van der Waals surface area contributed by atoms with Crippen molar-refractivity contribution in [1.82, 2.24) is 9.88 Å². The van der Waals surface area contributed by atoms with Crippen LogP contribution in [-0.4, -0.2) is 17.2 Å². The minimum absolute atomic E-state index is 0.233. The lowest BCUT2D eigenvalue weighted by Gasteiger charge is -2.14. The van der Waals surface area contributed by atoms with Gasteiger partial charge in [-0.1, -0.05) is 13.3 Å². The maximum absolute atomic E-state index is 12.5. The van der Waals surface area contributed by atoms with Crippen molar-refractivity contribution >= 4 is 0 Å². The zero-order valence-corrected chi connectivity index (χ0v) is 11.1. The van der Waals surface area contributed by atoms with Crippen LogP contribution in [-0.2, 0) is 12.7 Å². The van der Waals surface area contributed by atoms with Crippen LogP contribution in [0.2, 0.25) is 0 Å². The molecule has 0 aliphatic rings. The molecule has 0 amide bonds. The summed E-state index contributed by atoms with van der Waals surface area (Å²) in [5, 5.41) is 3.18. The number of hydrogen-bond donors (Lipinski definition) is 1. The number of aromatic nitrogens is 1. The van der Waals surface area contributed by atoms with Gasteiger partial charge in [-0.2, -0.15) is 13.2 Å². The molecule has 0 aliphatic heterocycles. The summed E-state index contributed by atoms with van der Waals surface area (Å²) in [6.45, 7) is 4.78. The normalized spacial score (nSPS) is 13.5. The Balaban J connectivity index is 2.65. The molecule has 1 aromatic rings. The van der Waals surface area contributed by atoms with Gasteiger partial charge in [0.25, 0.3) is 5.56 Å². The number of nitrogens with zero attached hydrogens (tertiary/aromatic N) is 1. The van der Waals surface area contributed by atoms with E-state index < -0.39 is 17.3 Å². The summed E-state index contributed by atoms with van der Waals surface area (Å²) < 4.78 is 38.6. The highest BCUT2D eigenvalue weighted by molar-refractivity contribution is 5.13. The molecular weight excluding hydrogens is 257 g/mol. The molecule has 0 aliphatic carbocycles. The zero-order chi connectivity index (χ0) is 14.5. The van der Waals surface area contributed by atoms with Crippen LogP contribution < -0.4 is 10.9 Å². The highest BCUT2D eigenvalue weighted by atomic mass is 19.4.